The van der Waals surface area contributed by atoms with Crippen molar-refractivity contribution < 1.29 is 19.1 Å². The zero-order valence-corrected chi connectivity index (χ0v) is 6.12. The smallest absolute Gasteiger partial charge is 0.314 e. The summed E-state index contributed by atoms with van der Waals surface area (Å²) in [7, 11) is 1.56. The molecule has 62 valence electrons. The predicted octanol–water partition coefficient (Wildman–Crippen LogP) is -0.788. The molecule has 0 aromatic carbocycles. The van der Waals surface area contributed by atoms with E-state index in [-0.39, 0.29) is 12.8 Å². The first-order valence-electron chi connectivity index (χ1n) is 3.05. The van der Waals surface area contributed by atoms with Crippen molar-refractivity contribution in [3.05, 3.63) is 0 Å². The number of cyclic esters (lactones) is 2. The maximum absolute atomic E-state index is 10.0. The standard InChI is InChI=1S/C4H4O3.C2H5NO/c5-3-1-2-4(6)7-3;1-3-2-4/h1-2H2;2H,1H3,(H,3,4). The first-order chi connectivity index (χ1) is 5.20. The van der Waals surface area contributed by atoms with Crippen molar-refractivity contribution in [3.63, 3.8) is 0 Å². The largest absolute Gasteiger partial charge is 0.393 e. The second-order valence-electron chi connectivity index (χ2n) is 1.75. The van der Waals surface area contributed by atoms with Gasteiger partial charge in [0, 0.05) is 7.05 Å². The van der Waals surface area contributed by atoms with Crippen molar-refractivity contribution in [2.45, 2.75) is 12.8 Å². The molecule has 1 fully saturated rings. The Morgan fingerprint density at radius 2 is 1.73 bits per heavy atom. The van der Waals surface area contributed by atoms with Crippen molar-refractivity contribution >= 4 is 18.3 Å². The number of carbonyl (C=O) groups excluding carboxylic acids is 3. The lowest BCUT2D eigenvalue weighted by Gasteiger charge is -1.79. The molecule has 1 amide bonds. The first-order valence-corrected chi connectivity index (χ1v) is 3.05. The minimum Gasteiger partial charge on any atom is -0.393 e. The third kappa shape index (κ3) is 5.07. The van der Waals surface area contributed by atoms with E-state index in [9.17, 15) is 9.59 Å². The van der Waals surface area contributed by atoms with Gasteiger partial charge >= 0.3 is 11.9 Å². The second kappa shape index (κ2) is 5.40. The lowest BCUT2D eigenvalue weighted by molar-refractivity contribution is -0.152. The molecule has 0 radical (unpaired) electrons. The van der Waals surface area contributed by atoms with Crippen LogP contribution >= 0.6 is 0 Å². The summed E-state index contributed by atoms with van der Waals surface area (Å²) in [6.07, 6.45) is 1.15. The zero-order valence-electron chi connectivity index (χ0n) is 6.12. The summed E-state index contributed by atoms with van der Waals surface area (Å²) in [6, 6.07) is 0. The van der Waals surface area contributed by atoms with Crippen LogP contribution in [0.25, 0.3) is 0 Å². The number of rotatable bonds is 1. The molecule has 5 nitrogen and oxygen atoms in total. The highest BCUT2D eigenvalue weighted by Crippen LogP contribution is 2.03. The summed E-state index contributed by atoms with van der Waals surface area (Å²) in [5.74, 6) is -0.796. The highest BCUT2D eigenvalue weighted by atomic mass is 16.6. The van der Waals surface area contributed by atoms with Gasteiger partial charge in [-0.15, -0.1) is 0 Å². The monoisotopic (exact) mass is 159 g/mol. The minimum atomic E-state index is -0.398. The first kappa shape index (κ1) is 9.61. The Kier molecular flexibility index (Phi) is 4.72. The van der Waals surface area contributed by atoms with Crippen molar-refractivity contribution in [1.29, 1.82) is 0 Å². The lowest BCUT2D eigenvalue weighted by atomic mass is 10.4. The van der Waals surface area contributed by atoms with Gasteiger partial charge in [-0.25, -0.2) is 0 Å². The van der Waals surface area contributed by atoms with Crippen LogP contribution in [0.3, 0.4) is 0 Å². The molecule has 0 spiro atoms. The number of nitrogens with one attached hydrogen (secondary N) is 1. The Labute approximate surface area is 63.7 Å². The molecule has 1 rings (SSSR count). The number of hydrogen-bond acceptors (Lipinski definition) is 4. The predicted molar refractivity (Wildman–Crippen MR) is 35.5 cm³/mol. The fourth-order valence-electron chi connectivity index (χ4n) is 0.433. The summed E-state index contributed by atoms with van der Waals surface area (Å²) in [5, 5.41) is 2.25. The molecule has 1 aliphatic heterocycles. The van der Waals surface area contributed by atoms with Gasteiger partial charge in [0.1, 0.15) is 0 Å². The molecule has 0 aromatic heterocycles. The molecule has 0 atom stereocenters. The van der Waals surface area contributed by atoms with E-state index in [0.29, 0.717) is 6.41 Å². The molecular weight excluding hydrogens is 150 g/mol. The van der Waals surface area contributed by atoms with Gasteiger partial charge in [0.15, 0.2) is 0 Å². The fourth-order valence-corrected chi connectivity index (χ4v) is 0.433. The molecule has 0 unspecified atom stereocenters. The van der Waals surface area contributed by atoms with Crippen molar-refractivity contribution in [3.8, 4) is 0 Å². The van der Waals surface area contributed by atoms with Crippen LogP contribution in [0.2, 0.25) is 0 Å². The lowest BCUT2D eigenvalue weighted by Crippen LogP contribution is -1.98. The van der Waals surface area contributed by atoms with Crippen LogP contribution in [-0.2, 0) is 19.1 Å². The van der Waals surface area contributed by atoms with Crippen LogP contribution < -0.4 is 5.32 Å². The summed E-state index contributed by atoms with van der Waals surface area (Å²) >= 11 is 0. The van der Waals surface area contributed by atoms with Crippen LogP contribution in [0.15, 0.2) is 0 Å². The van der Waals surface area contributed by atoms with E-state index in [1.165, 1.54) is 0 Å². The van der Waals surface area contributed by atoms with Crippen LogP contribution in [0.1, 0.15) is 12.8 Å². The molecule has 5 heteroatoms. The Bertz CT molecular complexity index is 152. The van der Waals surface area contributed by atoms with Crippen LogP contribution in [0.4, 0.5) is 0 Å². The van der Waals surface area contributed by atoms with Crippen molar-refractivity contribution in [1.82, 2.24) is 5.32 Å². The molecule has 0 aromatic rings. The quantitative estimate of drug-likeness (QED) is 0.309. The number of ether oxygens (including phenoxy) is 1. The zero-order chi connectivity index (χ0) is 8.69. The molecule has 1 heterocycles. The fraction of sp³-hybridized carbons (Fsp3) is 0.500. The third-order valence-electron chi connectivity index (χ3n) is 0.879. The Morgan fingerprint density at radius 3 is 1.82 bits per heavy atom. The highest BCUT2D eigenvalue weighted by Gasteiger charge is 2.19. The van der Waals surface area contributed by atoms with E-state index in [2.05, 4.69) is 10.1 Å². The average molecular weight is 159 g/mol. The van der Waals surface area contributed by atoms with Crippen LogP contribution in [0.5, 0.6) is 0 Å². The van der Waals surface area contributed by atoms with Gasteiger partial charge in [-0.2, -0.15) is 0 Å². The van der Waals surface area contributed by atoms with E-state index >= 15 is 0 Å². The Morgan fingerprint density at radius 1 is 1.36 bits per heavy atom. The minimum absolute atomic E-state index is 0.263. The summed E-state index contributed by atoms with van der Waals surface area (Å²) in [6.45, 7) is 0. The van der Waals surface area contributed by atoms with E-state index < -0.39 is 11.9 Å². The average Bonchev–Trinajstić information content (AvgIpc) is 2.35. The molecule has 11 heavy (non-hydrogen) atoms. The molecule has 1 aliphatic rings. The molecule has 0 bridgehead atoms. The summed E-state index contributed by atoms with van der Waals surface area (Å²) in [4.78, 5) is 29.1. The van der Waals surface area contributed by atoms with Crippen LogP contribution in [-0.4, -0.2) is 25.4 Å². The van der Waals surface area contributed by atoms with Gasteiger partial charge in [-0.05, 0) is 0 Å². The van der Waals surface area contributed by atoms with E-state index in [0.717, 1.165) is 0 Å². The highest BCUT2D eigenvalue weighted by molar-refractivity contribution is 5.92. The SMILES string of the molecule is CNC=O.O=C1CCC(=O)O1. The maximum Gasteiger partial charge on any atom is 0.314 e. The molecule has 1 N–H and O–H groups in total. The van der Waals surface area contributed by atoms with Crippen molar-refractivity contribution in [2.24, 2.45) is 0 Å². The van der Waals surface area contributed by atoms with Gasteiger partial charge in [0.25, 0.3) is 0 Å². The van der Waals surface area contributed by atoms with Gasteiger partial charge in [0.2, 0.25) is 6.41 Å². The molecule has 0 aliphatic carbocycles. The van der Waals surface area contributed by atoms with Gasteiger partial charge in [-0.3, -0.25) is 14.4 Å². The summed E-state index contributed by atoms with van der Waals surface area (Å²) in [5.41, 5.74) is 0. The van der Waals surface area contributed by atoms with E-state index in [1.54, 1.807) is 7.05 Å². The normalized spacial score (nSPS) is 14.6. The van der Waals surface area contributed by atoms with Crippen molar-refractivity contribution in [2.75, 3.05) is 7.05 Å². The Hall–Kier alpha value is -1.39. The number of esters is 2. The van der Waals surface area contributed by atoms with E-state index in [4.69, 9.17) is 4.79 Å². The van der Waals surface area contributed by atoms with Gasteiger partial charge in [0.05, 0.1) is 12.8 Å². The van der Waals surface area contributed by atoms with Gasteiger partial charge in [-0.1, -0.05) is 0 Å². The van der Waals surface area contributed by atoms with Crippen LogP contribution in [0, 0.1) is 0 Å². The molecule has 1 saturated heterocycles. The topological polar surface area (TPSA) is 72.5 Å². The molecule has 0 saturated carbocycles. The number of amides is 1. The Balaban J connectivity index is 0.000000218. The maximum atomic E-state index is 10.0. The number of carbonyl (C=O) groups is 3. The second-order valence-corrected chi connectivity index (χ2v) is 1.75. The molecular formula is C6H9NO4. The van der Waals surface area contributed by atoms with E-state index in [1.807, 2.05) is 0 Å². The summed E-state index contributed by atoms with van der Waals surface area (Å²) < 4.78 is 4.08. The van der Waals surface area contributed by atoms with Gasteiger partial charge < -0.3 is 10.1 Å². The number of hydrogen-bond donors (Lipinski definition) is 1. The third-order valence-corrected chi connectivity index (χ3v) is 0.879.